The van der Waals surface area contributed by atoms with Crippen molar-refractivity contribution in [3.8, 4) is 0 Å². The third kappa shape index (κ3) is 2.19. The molecule has 19 heavy (non-hydrogen) atoms. The van der Waals surface area contributed by atoms with Gasteiger partial charge in [0.1, 0.15) is 0 Å². The van der Waals surface area contributed by atoms with Crippen LogP contribution in [0.4, 0.5) is 11.4 Å². The van der Waals surface area contributed by atoms with E-state index in [1.165, 1.54) is 16.8 Å². The van der Waals surface area contributed by atoms with E-state index < -0.39 is 0 Å². The minimum absolute atomic E-state index is 0.555. The van der Waals surface area contributed by atoms with Crippen molar-refractivity contribution in [2.24, 2.45) is 0 Å². The molecule has 0 saturated heterocycles. The predicted molar refractivity (Wildman–Crippen MR) is 81.4 cm³/mol. The molecule has 0 saturated carbocycles. The van der Waals surface area contributed by atoms with Crippen molar-refractivity contribution in [1.82, 2.24) is 0 Å². The van der Waals surface area contributed by atoms with Gasteiger partial charge >= 0.3 is 0 Å². The largest absolute Gasteiger partial charge is 0.399 e. The second-order valence-electron chi connectivity index (χ2n) is 5.50. The van der Waals surface area contributed by atoms with E-state index in [0.717, 1.165) is 24.2 Å². The van der Waals surface area contributed by atoms with E-state index in [0.29, 0.717) is 6.04 Å². The Hall–Kier alpha value is -1.96. The average molecular weight is 252 g/mol. The molecule has 1 aliphatic rings. The highest BCUT2D eigenvalue weighted by Gasteiger charge is 2.25. The summed E-state index contributed by atoms with van der Waals surface area (Å²) < 4.78 is 0. The Morgan fingerprint density at radius 2 is 2.00 bits per heavy atom. The average Bonchev–Trinajstić information content (AvgIpc) is 2.71. The van der Waals surface area contributed by atoms with E-state index in [9.17, 15) is 0 Å². The fourth-order valence-corrected chi connectivity index (χ4v) is 2.86. The molecule has 98 valence electrons. The fourth-order valence-electron chi connectivity index (χ4n) is 2.86. The lowest BCUT2D eigenvalue weighted by molar-refractivity contribution is 0.672. The number of benzene rings is 2. The Kier molecular flexibility index (Phi) is 2.94. The van der Waals surface area contributed by atoms with Gasteiger partial charge < -0.3 is 10.6 Å². The molecule has 0 radical (unpaired) electrons. The standard InChI is InChI=1S/C17H20N2/c1-12-7-8-14(10-16(12)18)11-19-13(2)9-15-5-3-4-6-17(15)19/h3-8,10,13H,9,11,18H2,1-2H3. The Labute approximate surface area is 114 Å². The molecular formula is C17H20N2. The number of nitrogens with zero attached hydrogens (tertiary/aromatic N) is 1. The molecule has 2 nitrogen and oxygen atoms in total. The summed E-state index contributed by atoms with van der Waals surface area (Å²) in [6.07, 6.45) is 1.14. The quantitative estimate of drug-likeness (QED) is 0.828. The van der Waals surface area contributed by atoms with Crippen LogP contribution in [0.3, 0.4) is 0 Å². The van der Waals surface area contributed by atoms with Crippen molar-refractivity contribution in [1.29, 1.82) is 0 Å². The second-order valence-corrected chi connectivity index (χ2v) is 5.50. The molecule has 0 amide bonds. The number of nitrogen functional groups attached to an aromatic ring is 1. The van der Waals surface area contributed by atoms with Gasteiger partial charge in [-0.2, -0.15) is 0 Å². The molecule has 1 unspecified atom stereocenters. The van der Waals surface area contributed by atoms with Crippen LogP contribution in [-0.4, -0.2) is 6.04 Å². The highest BCUT2D eigenvalue weighted by atomic mass is 15.2. The molecule has 1 aliphatic heterocycles. The number of nitrogens with two attached hydrogens (primary N) is 1. The molecule has 2 N–H and O–H groups in total. The molecule has 0 fully saturated rings. The monoisotopic (exact) mass is 252 g/mol. The maximum absolute atomic E-state index is 6.01. The Balaban J connectivity index is 1.89. The molecule has 1 atom stereocenters. The van der Waals surface area contributed by atoms with Crippen LogP contribution in [0.1, 0.15) is 23.6 Å². The maximum atomic E-state index is 6.01. The van der Waals surface area contributed by atoms with Gasteiger partial charge in [-0.05, 0) is 49.1 Å². The zero-order valence-corrected chi connectivity index (χ0v) is 11.6. The minimum atomic E-state index is 0.555. The zero-order valence-electron chi connectivity index (χ0n) is 11.6. The van der Waals surface area contributed by atoms with Crippen LogP contribution in [0.5, 0.6) is 0 Å². The molecule has 0 spiro atoms. The van der Waals surface area contributed by atoms with Crippen LogP contribution in [-0.2, 0) is 13.0 Å². The molecule has 0 aliphatic carbocycles. The van der Waals surface area contributed by atoms with Crippen LogP contribution >= 0.6 is 0 Å². The number of fused-ring (bicyclic) bond motifs is 1. The van der Waals surface area contributed by atoms with Crippen LogP contribution in [0.15, 0.2) is 42.5 Å². The summed E-state index contributed by atoms with van der Waals surface area (Å²) in [6, 6.07) is 15.6. The van der Waals surface area contributed by atoms with Crippen molar-refractivity contribution >= 4 is 11.4 Å². The van der Waals surface area contributed by atoms with Gasteiger partial charge in [-0.25, -0.2) is 0 Å². The van der Waals surface area contributed by atoms with Crippen molar-refractivity contribution < 1.29 is 0 Å². The van der Waals surface area contributed by atoms with Gasteiger partial charge in [-0.1, -0.05) is 30.3 Å². The molecular weight excluding hydrogens is 232 g/mol. The summed E-state index contributed by atoms with van der Waals surface area (Å²) in [7, 11) is 0. The molecule has 1 heterocycles. The molecule has 2 aromatic rings. The number of hydrogen-bond acceptors (Lipinski definition) is 2. The lowest BCUT2D eigenvalue weighted by atomic mass is 10.1. The van der Waals surface area contributed by atoms with E-state index in [4.69, 9.17) is 5.73 Å². The van der Waals surface area contributed by atoms with Crippen molar-refractivity contribution in [3.05, 3.63) is 59.2 Å². The van der Waals surface area contributed by atoms with Crippen LogP contribution in [0, 0.1) is 6.92 Å². The second kappa shape index (κ2) is 4.61. The third-order valence-corrected chi connectivity index (χ3v) is 4.04. The first-order chi connectivity index (χ1) is 9.15. The summed E-state index contributed by atoms with van der Waals surface area (Å²) in [4.78, 5) is 2.47. The maximum Gasteiger partial charge on any atom is 0.0433 e. The van der Waals surface area contributed by atoms with Crippen molar-refractivity contribution in [3.63, 3.8) is 0 Å². The molecule has 0 aromatic heterocycles. The number of aryl methyl sites for hydroxylation is 1. The van der Waals surface area contributed by atoms with Crippen LogP contribution in [0.2, 0.25) is 0 Å². The van der Waals surface area contributed by atoms with Crippen molar-refractivity contribution in [2.75, 3.05) is 10.6 Å². The van der Waals surface area contributed by atoms with Gasteiger partial charge in [-0.3, -0.25) is 0 Å². The van der Waals surface area contributed by atoms with E-state index in [1.807, 2.05) is 6.92 Å². The fraction of sp³-hybridized carbons (Fsp3) is 0.294. The third-order valence-electron chi connectivity index (χ3n) is 4.04. The van der Waals surface area contributed by atoms with E-state index in [-0.39, 0.29) is 0 Å². The lowest BCUT2D eigenvalue weighted by Crippen LogP contribution is -2.28. The number of rotatable bonds is 2. The zero-order chi connectivity index (χ0) is 13.4. The molecule has 0 bridgehead atoms. The SMILES string of the molecule is Cc1ccc(CN2c3ccccc3CC2C)cc1N. The summed E-state index contributed by atoms with van der Waals surface area (Å²) in [5.41, 5.74) is 12.2. The first-order valence-electron chi connectivity index (χ1n) is 6.84. The lowest BCUT2D eigenvalue weighted by Gasteiger charge is -2.25. The van der Waals surface area contributed by atoms with Crippen LogP contribution < -0.4 is 10.6 Å². The van der Waals surface area contributed by atoms with Gasteiger partial charge in [0, 0.05) is 24.0 Å². The topological polar surface area (TPSA) is 29.3 Å². The van der Waals surface area contributed by atoms with Gasteiger partial charge in [0.05, 0.1) is 0 Å². The Bertz CT molecular complexity index is 604. The van der Waals surface area contributed by atoms with Gasteiger partial charge in [0.15, 0.2) is 0 Å². The normalized spacial score (nSPS) is 17.6. The van der Waals surface area contributed by atoms with Gasteiger partial charge in [0.25, 0.3) is 0 Å². The van der Waals surface area contributed by atoms with Crippen molar-refractivity contribution in [2.45, 2.75) is 32.9 Å². The van der Waals surface area contributed by atoms with E-state index in [1.54, 1.807) is 0 Å². The van der Waals surface area contributed by atoms with Gasteiger partial charge in [0.2, 0.25) is 0 Å². The Morgan fingerprint density at radius 1 is 1.21 bits per heavy atom. The highest BCUT2D eigenvalue weighted by Crippen LogP contribution is 2.33. The number of hydrogen-bond donors (Lipinski definition) is 1. The molecule has 3 rings (SSSR count). The summed E-state index contributed by atoms with van der Waals surface area (Å²) >= 11 is 0. The Morgan fingerprint density at radius 3 is 2.79 bits per heavy atom. The summed E-state index contributed by atoms with van der Waals surface area (Å²) in [6.45, 7) is 5.27. The number of anilines is 2. The molecule has 2 aromatic carbocycles. The first-order valence-corrected chi connectivity index (χ1v) is 6.84. The molecule has 2 heteroatoms. The van der Waals surface area contributed by atoms with Gasteiger partial charge in [-0.15, -0.1) is 0 Å². The first kappa shape index (κ1) is 12.1. The summed E-state index contributed by atoms with van der Waals surface area (Å²) in [5.74, 6) is 0. The number of para-hydroxylation sites is 1. The highest BCUT2D eigenvalue weighted by molar-refractivity contribution is 5.60. The van der Waals surface area contributed by atoms with E-state index >= 15 is 0 Å². The van der Waals surface area contributed by atoms with E-state index in [2.05, 4.69) is 54.3 Å². The smallest absolute Gasteiger partial charge is 0.0433 e. The minimum Gasteiger partial charge on any atom is -0.399 e. The predicted octanol–water partition coefficient (Wildman–Crippen LogP) is 3.53. The summed E-state index contributed by atoms with van der Waals surface area (Å²) in [5, 5.41) is 0. The van der Waals surface area contributed by atoms with Crippen LogP contribution in [0.25, 0.3) is 0 Å².